The van der Waals surface area contributed by atoms with Crippen LogP contribution in [0.5, 0.6) is 5.88 Å². The summed E-state index contributed by atoms with van der Waals surface area (Å²) >= 11 is 0. The van der Waals surface area contributed by atoms with Gasteiger partial charge in [-0.2, -0.15) is 0 Å². The smallest absolute Gasteiger partial charge is 0.272 e. The normalized spacial score (nSPS) is 18.2. The largest absolute Gasteiger partial charge is 0.472 e. The molecule has 1 fully saturated rings. The summed E-state index contributed by atoms with van der Waals surface area (Å²) in [6.45, 7) is 4.79. The van der Waals surface area contributed by atoms with E-state index in [0.717, 1.165) is 25.2 Å². The van der Waals surface area contributed by atoms with Crippen LogP contribution in [0.1, 0.15) is 25.3 Å². The number of alkyl halides is 2. The number of likely N-dealkylation sites (tertiary alicyclic amines) is 1. The Morgan fingerprint density at radius 2 is 2.36 bits per heavy atom. The number of halogens is 3. The Morgan fingerprint density at radius 1 is 1.56 bits per heavy atom. The topological polar surface area (TPSA) is 75.8 Å². The third-order valence-corrected chi connectivity index (χ3v) is 4.01. The highest BCUT2D eigenvalue weighted by Gasteiger charge is 2.22. The first-order valence-electron chi connectivity index (χ1n) is 8.22. The predicted molar refractivity (Wildman–Crippen MR) is 105 cm³/mol. The Labute approximate surface area is 164 Å². The Balaban J connectivity index is 0.00000312. The van der Waals surface area contributed by atoms with E-state index in [0.29, 0.717) is 18.5 Å². The van der Waals surface area contributed by atoms with Crippen molar-refractivity contribution >= 4 is 29.9 Å². The number of aromatic nitrogens is 1. The third kappa shape index (κ3) is 7.68. The molecule has 0 aliphatic carbocycles. The van der Waals surface area contributed by atoms with E-state index in [4.69, 9.17) is 10.5 Å². The molecule has 25 heavy (non-hydrogen) atoms. The summed E-state index contributed by atoms with van der Waals surface area (Å²) in [7, 11) is 0. The summed E-state index contributed by atoms with van der Waals surface area (Å²) in [6, 6.07) is 3.84. The molecule has 1 saturated heterocycles. The van der Waals surface area contributed by atoms with Crippen LogP contribution in [0.2, 0.25) is 0 Å². The number of ether oxygens (including phenoxy) is 1. The Hall–Kier alpha value is -1.23. The predicted octanol–water partition coefficient (Wildman–Crippen LogP) is 2.23. The van der Waals surface area contributed by atoms with Crippen molar-refractivity contribution in [1.82, 2.24) is 15.2 Å². The minimum absolute atomic E-state index is 0. The minimum atomic E-state index is -2.52. The zero-order valence-electron chi connectivity index (χ0n) is 14.3. The monoisotopic (exact) mass is 469 g/mol. The number of nitrogens with zero attached hydrogens (tertiary/aromatic N) is 3. The number of aliphatic imine (C=N–C) groups is 1. The van der Waals surface area contributed by atoms with Gasteiger partial charge in [-0.25, -0.2) is 18.8 Å². The van der Waals surface area contributed by atoms with Gasteiger partial charge in [0.15, 0.2) is 12.6 Å². The lowest BCUT2D eigenvalue weighted by atomic mass is 10.2. The quantitative estimate of drug-likeness (QED) is 0.347. The molecule has 1 aliphatic rings. The van der Waals surface area contributed by atoms with Crippen LogP contribution in [0, 0.1) is 0 Å². The fourth-order valence-electron chi connectivity index (χ4n) is 2.77. The van der Waals surface area contributed by atoms with Crippen LogP contribution in [-0.2, 0) is 6.54 Å². The van der Waals surface area contributed by atoms with E-state index in [2.05, 4.69) is 27.1 Å². The average Bonchev–Trinajstić information content (AvgIpc) is 3.04. The molecule has 2 heterocycles. The highest BCUT2D eigenvalue weighted by atomic mass is 127. The molecule has 0 bridgehead atoms. The number of hydrogen-bond donors (Lipinski definition) is 2. The summed E-state index contributed by atoms with van der Waals surface area (Å²) in [5.41, 5.74) is 6.70. The van der Waals surface area contributed by atoms with Crippen LogP contribution < -0.4 is 15.8 Å². The molecular weight excluding hydrogens is 443 g/mol. The summed E-state index contributed by atoms with van der Waals surface area (Å²) in [4.78, 5) is 10.6. The SMILES string of the molecule is CCN1CCCC1CNC(N)=NCc1ccnc(OCC(F)F)c1.I. The number of nitrogens with one attached hydrogen (secondary N) is 1. The van der Waals surface area contributed by atoms with E-state index >= 15 is 0 Å². The zero-order valence-corrected chi connectivity index (χ0v) is 16.7. The lowest BCUT2D eigenvalue weighted by Crippen LogP contribution is -2.42. The van der Waals surface area contributed by atoms with Gasteiger partial charge in [0.2, 0.25) is 5.88 Å². The van der Waals surface area contributed by atoms with Crippen LogP contribution in [0.25, 0.3) is 0 Å². The maximum absolute atomic E-state index is 12.1. The maximum Gasteiger partial charge on any atom is 0.272 e. The molecule has 0 amide bonds. The average molecular weight is 469 g/mol. The maximum atomic E-state index is 12.1. The van der Waals surface area contributed by atoms with Gasteiger partial charge >= 0.3 is 0 Å². The van der Waals surface area contributed by atoms with Crippen LogP contribution in [-0.4, -0.2) is 54.6 Å². The summed E-state index contributed by atoms with van der Waals surface area (Å²) in [6.07, 6.45) is 1.37. The summed E-state index contributed by atoms with van der Waals surface area (Å²) in [5, 5.41) is 3.15. The fraction of sp³-hybridized carbons (Fsp3) is 0.625. The van der Waals surface area contributed by atoms with Crippen LogP contribution >= 0.6 is 24.0 Å². The van der Waals surface area contributed by atoms with Crippen molar-refractivity contribution in [3.63, 3.8) is 0 Å². The standard InChI is InChI=1S/C16H25F2N5O.HI/c1-2-23-7-3-4-13(23)10-22-16(19)21-9-12-5-6-20-15(8-12)24-11-14(17)18;/h5-6,8,13-14H,2-4,7,9-11H2,1H3,(H3,19,21,22);1H. The molecule has 0 spiro atoms. The van der Waals surface area contributed by atoms with Crippen molar-refractivity contribution in [1.29, 1.82) is 0 Å². The summed E-state index contributed by atoms with van der Waals surface area (Å²) < 4.78 is 29.2. The first-order valence-corrected chi connectivity index (χ1v) is 8.22. The molecule has 3 N–H and O–H groups in total. The Morgan fingerprint density at radius 3 is 3.08 bits per heavy atom. The van der Waals surface area contributed by atoms with Gasteiger partial charge in [-0.05, 0) is 37.6 Å². The molecule has 0 saturated carbocycles. The van der Waals surface area contributed by atoms with Crippen molar-refractivity contribution in [2.24, 2.45) is 10.7 Å². The number of guanidine groups is 1. The fourth-order valence-corrected chi connectivity index (χ4v) is 2.77. The molecule has 9 heteroatoms. The molecule has 142 valence electrons. The van der Waals surface area contributed by atoms with Crippen molar-refractivity contribution in [2.45, 2.75) is 38.8 Å². The van der Waals surface area contributed by atoms with Crippen LogP contribution in [0.3, 0.4) is 0 Å². The van der Waals surface area contributed by atoms with Crippen LogP contribution in [0.4, 0.5) is 8.78 Å². The molecule has 1 unspecified atom stereocenters. The van der Waals surface area contributed by atoms with E-state index in [1.165, 1.54) is 19.0 Å². The van der Waals surface area contributed by atoms with E-state index in [1.54, 1.807) is 12.1 Å². The number of nitrogens with two attached hydrogens (primary N) is 1. The molecule has 1 aromatic heterocycles. The molecule has 6 nitrogen and oxygen atoms in total. The molecule has 1 aromatic rings. The molecular formula is C16H26F2IN5O. The van der Waals surface area contributed by atoms with Crippen molar-refractivity contribution in [2.75, 3.05) is 26.2 Å². The molecule has 0 aromatic carbocycles. The minimum Gasteiger partial charge on any atom is -0.472 e. The van der Waals surface area contributed by atoms with Gasteiger partial charge in [0.05, 0.1) is 6.54 Å². The van der Waals surface area contributed by atoms with Gasteiger partial charge < -0.3 is 15.8 Å². The van der Waals surface area contributed by atoms with Crippen molar-refractivity contribution in [3.05, 3.63) is 23.9 Å². The summed E-state index contributed by atoms with van der Waals surface area (Å²) in [5.74, 6) is 0.545. The molecule has 0 radical (unpaired) electrons. The van der Waals surface area contributed by atoms with E-state index in [1.807, 2.05) is 0 Å². The van der Waals surface area contributed by atoms with E-state index in [-0.39, 0.29) is 29.9 Å². The first-order chi connectivity index (χ1) is 11.6. The highest BCUT2D eigenvalue weighted by Crippen LogP contribution is 2.15. The second kappa shape index (κ2) is 11.4. The van der Waals surface area contributed by atoms with Gasteiger partial charge in [0.25, 0.3) is 6.43 Å². The van der Waals surface area contributed by atoms with Gasteiger partial charge in [-0.3, -0.25) is 4.90 Å². The van der Waals surface area contributed by atoms with Crippen molar-refractivity contribution in [3.8, 4) is 5.88 Å². The van der Waals surface area contributed by atoms with E-state index in [9.17, 15) is 8.78 Å². The van der Waals surface area contributed by atoms with E-state index < -0.39 is 13.0 Å². The van der Waals surface area contributed by atoms with Crippen molar-refractivity contribution < 1.29 is 13.5 Å². The molecule has 1 aliphatic heterocycles. The van der Waals surface area contributed by atoms with Gasteiger partial charge in [0.1, 0.15) is 0 Å². The number of likely N-dealkylation sites (N-methyl/N-ethyl adjacent to an activating group) is 1. The third-order valence-electron chi connectivity index (χ3n) is 4.01. The van der Waals surface area contributed by atoms with Crippen LogP contribution in [0.15, 0.2) is 23.3 Å². The Kier molecular flexibility index (Phi) is 9.94. The lowest BCUT2D eigenvalue weighted by molar-refractivity contribution is 0.0795. The zero-order chi connectivity index (χ0) is 17.4. The first kappa shape index (κ1) is 21.8. The number of pyridine rings is 1. The Bertz CT molecular complexity index is 547. The molecule has 1 atom stereocenters. The number of hydrogen-bond acceptors (Lipinski definition) is 4. The lowest BCUT2D eigenvalue weighted by Gasteiger charge is -2.23. The van der Waals surface area contributed by atoms with Gasteiger partial charge in [0, 0.05) is 24.8 Å². The second-order valence-electron chi connectivity index (χ2n) is 5.71. The highest BCUT2D eigenvalue weighted by molar-refractivity contribution is 14.0. The second-order valence-corrected chi connectivity index (χ2v) is 5.71. The number of rotatable bonds is 8. The van der Waals surface area contributed by atoms with Gasteiger partial charge in [-0.15, -0.1) is 24.0 Å². The van der Waals surface area contributed by atoms with Gasteiger partial charge in [-0.1, -0.05) is 6.92 Å². The molecule has 2 rings (SSSR count).